The number of nitrogens with two attached hydrogens (primary N) is 1. The highest BCUT2D eigenvalue weighted by molar-refractivity contribution is 5.16. The highest BCUT2D eigenvalue weighted by atomic mass is 16.5. The van der Waals surface area contributed by atoms with Gasteiger partial charge in [0.2, 0.25) is 0 Å². The molecule has 0 aliphatic rings. The Hall–Kier alpha value is -0.860. The third-order valence-corrected chi connectivity index (χ3v) is 1.38. The zero-order valence-corrected chi connectivity index (χ0v) is 5.95. The van der Waals surface area contributed by atoms with Gasteiger partial charge in [-0.25, -0.2) is 0 Å². The van der Waals surface area contributed by atoms with Gasteiger partial charge in [0.05, 0.1) is 0 Å². The minimum Gasteiger partial charge on any atom is -0.363 e. The molecule has 1 aromatic rings. The van der Waals surface area contributed by atoms with Crippen LogP contribution in [0.15, 0.2) is 30.3 Å². The molecule has 0 aliphatic carbocycles. The zero-order chi connectivity index (χ0) is 7.40. The van der Waals surface area contributed by atoms with Crippen molar-refractivity contribution < 1.29 is 4.74 Å². The predicted octanol–water partition coefficient (Wildman–Crippen LogP) is 1.29. The summed E-state index contributed by atoms with van der Waals surface area (Å²) in [6.45, 7) is 0. The van der Waals surface area contributed by atoms with E-state index >= 15 is 0 Å². The first-order valence-electron chi connectivity index (χ1n) is 3.18. The van der Waals surface area contributed by atoms with Crippen molar-refractivity contribution >= 4 is 0 Å². The molecule has 2 N–H and O–H groups in total. The molecule has 10 heavy (non-hydrogen) atoms. The van der Waals surface area contributed by atoms with E-state index < -0.39 is 0 Å². The molecule has 0 amide bonds. The maximum absolute atomic E-state index is 5.57. The first-order chi connectivity index (χ1) is 4.84. The van der Waals surface area contributed by atoms with Crippen LogP contribution in [0, 0.1) is 0 Å². The van der Waals surface area contributed by atoms with Gasteiger partial charge < -0.3 is 10.5 Å². The van der Waals surface area contributed by atoms with Crippen molar-refractivity contribution in [3.05, 3.63) is 35.9 Å². The van der Waals surface area contributed by atoms with Crippen LogP contribution in [0.4, 0.5) is 0 Å². The zero-order valence-electron chi connectivity index (χ0n) is 5.95. The molecule has 54 valence electrons. The number of ether oxygens (including phenoxy) is 1. The van der Waals surface area contributed by atoms with Crippen LogP contribution in [-0.2, 0) is 4.74 Å². The highest BCUT2D eigenvalue weighted by Gasteiger charge is 1.99. The van der Waals surface area contributed by atoms with Gasteiger partial charge in [-0.3, -0.25) is 0 Å². The minimum atomic E-state index is -0.291. The Bertz CT molecular complexity index is 186. The lowest BCUT2D eigenvalue weighted by Gasteiger charge is -2.07. The topological polar surface area (TPSA) is 35.2 Å². The lowest BCUT2D eigenvalue weighted by molar-refractivity contribution is 0.109. The Morgan fingerprint density at radius 3 is 2.40 bits per heavy atom. The smallest absolute Gasteiger partial charge is 0.131 e. The summed E-state index contributed by atoms with van der Waals surface area (Å²) in [6.07, 6.45) is -0.291. The molecule has 1 atom stereocenters. The van der Waals surface area contributed by atoms with E-state index in [0.717, 1.165) is 5.56 Å². The van der Waals surface area contributed by atoms with E-state index in [-0.39, 0.29) is 6.23 Å². The Morgan fingerprint density at radius 1 is 1.30 bits per heavy atom. The second-order valence-electron chi connectivity index (χ2n) is 2.07. The number of benzene rings is 1. The van der Waals surface area contributed by atoms with Crippen molar-refractivity contribution in [1.82, 2.24) is 0 Å². The van der Waals surface area contributed by atoms with Crippen LogP contribution in [0.2, 0.25) is 0 Å². The summed E-state index contributed by atoms with van der Waals surface area (Å²) in [5, 5.41) is 0. The first-order valence-corrected chi connectivity index (χ1v) is 3.18. The normalized spacial score (nSPS) is 13.0. The number of methoxy groups -OCH3 is 1. The lowest BCUT2D eigenvalue weighted by atomic mass is 10.2. The van der Waals surface area contributed by atoms with Crippen LogP contribution in [0.1, 0.15) is 11.8 Å². The minimum absolute atomic E-state index is 0.291. The van der Waals surface area contributed by atoms with Crippen LogP contribution in [0.25, 0.3) is 0 Å². The predicted molar refractivity (Wildman–Crippen MR) is 40.4 cm³/mol. The van der Waals surface area contributed by atoms with Crippen molar-refractivity contribution in [1.29, 1.82) is 0 Å². The fraction of sp³-hybridized carbons (Fsp3) is 0.250. The van der Waals surface area contributed by atoms with E-state index in [1.807, 2.05) is 30.3 Å². The molecule has 2 heteroatoms. The van der Waals surface area contributed by atoms with Crippen LogP contribution in [0.5, 0.6) is 0 Å². The molecule has 0 bridgehead atoms. The summed E-state index contributed by atoms with van der Waals surface area (Å²) in [5.74, 6) is 0. The lowest BCUT2D eigenvalue weighted by Crippen LogP contribution is -2.11. The quantitative estimate of drug-likeness (QED) is 0.623. The SMILES string of the molecule is CO[C@H](N)c1ccccc1. The van der Waals surface area contributed by atoms with Crippen LogP contribution < -0.4 is 5.73 Å². The van der Waals surface area contributed by atoms with E-state index in [0.29, 0.717) is 0 Å². The molecular weight excluding hydrogens is 126 g/mol. The Balaban J connectivity index is 2.75. The van der Waals surface area contributed by atoms with E-state index in [2.05, 4.69) is 0 Å². The average molecular weight is 137 g/mol. The van der Waals surface area contributed by atoms with Gasteiger partial charge >= 0.3 is 0 Å². The molecule has 0 fully saturated rings. The number of hydrogen-bond donors (Lipinski definition) is 1. The standard InChI is InChI=1S/C8H11NO/c1-10-8(9)7-5-3-2-4-6-7/h2-6,8H,9H2,1H3/t8-/m0/s1. The molecule has 2 nitrogen and oxygen atoms in total. The summed E-state index contributed by atoms with van der Waals surface area (Å²) in [6, 6.07) is 9.70. The van der Waals surface area contributed by atoms with Crippen LogP contribution >= 0.6 is 0 Å². The molecule has 0 saturated heterocycles. The highest BCUT2D eigenvalue weighted by Crippen LogP contribution is 2.08. The summed E-state index contributed by atoms with van der Waals surface area (Å²) in [5.41, 5.74) is 6.58. The monoisotopic (exact) mass is 137 g/mol. The summed E-state index contributed by atoms with van der Waals surface area (Å²) < 4.78 is 4.91. The van der Waals surface area contributed by atoms with Crippen molar-refractivity contribution in [2.45, 2.75) is 6.23 Å². The van der Waals surface area contributed by atoms with Gasteiger partial charge in [0.25, 0.3) is 0 Å². The van der Waals surface area contributed by atoms with Gasteiger partial charge in [0, 0.05) is 7.11 Å². The van der Waals surface area contributed by atoms with E-state index in [1.54, 1.807) is 7.11 Å². The van der Waals surface area contributed by atoms with Crippen molar-refractivity contribution in [2.24, 2.45) is 5.73 Å². The summed E-state index contributed by atoms with van der Waals surface area (Å²) in [4.78, 5) is 0. The molecule has 1 aromatic carbocycles. The maximum Gasteiger partial charge on any atom is 0.131 e. The molecule has 0 aliphatic heterocycles. The third kappa shape index (κ3) is 1.56. The molecule has 0 spiro atoms. The molecule has 0 saturated carbocycles. The van der Waals surface area contributed by atoms with Gasteiger partial charge in [0.15, 0.2) is 0 Å². The van der Waals surface area contributed by atoms with Crippen molar-refractivity contribution in [2.75, 3.05) is 7.11 Å². The fourth-order valence-corrected chi connectivity index (χ4v) is 0.779. The Kier molecular flexibility index (Phi) is 2.42. The molecular formula is C8H11NO. The fourth-order valence-electron chi connectivity index (χ4n) is 0.779. The van der Waals surface area contributed by atoms with Crippen LogP contribution in [0.3, 0.4) is 0 Å². The number of rotatable bonds is 2. The van der Waals surface area contributed by atoms with Crippen molar-refractivity contribution in [3.63, 3.8) is 0 Å². The van der Waals surface area contributed by atoms with Crippen molar-refractivity contribution in [3.8, 4) is 0 Å². The molecule has 0 aromatic heterocycles. The third-order valence-electron chi connectivity index (χ3n) is 1.38. The molecule has 1 rings (SSSR count). The number of hydrogen-bond acceptors (Lipinski definition) is 2. The summed E-state index contributed by atoms with van der Waals surface area (Å²) >= 11 is 0. The van der Waals surface area contributed by atoms with Gasteiger partial charge in [-0.1, -0.05) is 30.3 Å². The summed E-state index contributed by atoms with van der Waals surface area (Å²) in [7, 11) is 1.59. The Morgan fingerprint density at radius 2 is 1.90 bits per heavy atom. The van der Waals surface area contributed by atoms with Gasteiger partial charge in [-0.2, -0.15) is 0 Å². The van der Waals surface area contributed by atoms with Crippen LogP contribution in [-0.4, -0.2) is 7.11 Å². The van der Waals surface area contributed by atoms with Gasteiger partial charge in [-0.15, -0.1) is 0 Å². The second kappa shape index (κ2) is 3.34. The first kappa shape index (κ1) is 7.25. The van der Waals surface area contributed by atoms with Gasteiger partial charge in [0.1, 0.15) is 6.23 Å². The second-order valence-corrected chi connectivity index (χ2v) is 2.07. The average Bonchev–Trinajstić information content (AvgIpc) is 2.05. The van der Waals surface area contributed by atoms with E-state index in [1.165, 1.54) is 0 Å². The largest absolute Gasteiger partial charge is 0.363 e. The van der Waals surface area contributed by atoms with Gasteiger partial charge in [-0.05, 0) is 5.56 Å². The Labute approximate surface area is 60.6 Å². The maximum atomic E-state index is 5.57. The molecule has 0 heterocycles. The molecule has 0 radical (unpaired) electrons. The molecule has 0 unspecified atom stereocenters. The van der Waals surface area contributed by atoms with E-state index in [9.17, 15) is 0 Å². The van der Waals surface area contributed by atoms with E-state index in [4.69, 9.17) is 10.5 Å².